The number of anilines is 2. The van der Waals surface area contributed by atoms with Gasteiger partial charge in [-0.25, -0.2) is 8.78 Å². The Kier molecular flexibility index (Phi) is 3.27. The summed E-state index contributed by atoms with van der Waals surface area (Å²) >= 11 is 0. The molecule has 0 atom stereocenters. The van der Waals surface area contributed by atoms with Gasteiger partial charge < -0.3 is 11.1 Å². The third-order valence-electron chi connectivity index (χ3n) is 3.15. The first-order valence-electron chi connectivity index (χ1n) is 5.65. The van der Waals surface area contributed by atoms with Crippen LogP contribution in [0.25, 0.3) is 0 Å². The molecule has 1 aliphatic carbocycles. The molecule has 88 valence electrons. The largest absolute Gasteiger partial charge is 0.395 e. The first-order valence-corrected chi connectivity index (χ1v) is 5.65. The molecule has 0 spiro atoms. The van der Waals surface area contributed by atoms with E-state index in [-0.39, 0.29) is 5.69 Å². The summed E-state index contributed by atoms with van der Waals surface area (Å²) in [7, 11) is 0. The van der Waals surface area contributed by atoms with E-state index in [1.165, 1.54) is 31.7 Å². The molecule has 3 N–H and O–H groups in total. The lowest BCUT2D eigenvalue weighted by atomic mass is 10.1. The average molecular weight is 226 g/mol. The summed E-state index contributed by atoms with van der Waals surface area (Å²) in [6.45, 7) is 0.743. The molecule has 1 fully saturated rings. The predicted octanol–water partition coefficient (Wildman–Crippen LogP) is 3.15. The summed E-state index contributed by atoms with van der Waals surface area (Å²) in [4.78, 5) is 0. The first-order chi connectivity index (χ1) is 7.66. The van der Waals surface area contributed by atoms with Gasteiger partial charge in [0, 0.05) is 12.6 Å². The highest BCUT2D eigenvalue weighted by atomic mass is 19.1. The monoisotopic (exact) mass is 226 g/mol. The zero-order valence-electron chi connectivity index (χ0n) is 9.10. The van der Waals surface area contributed by atoms with E-state index < -0.39 is 11.6 Å². The van der Waals surface area contributed by atoms with Crippen LogP contribution in [0.15, 0.2) is 12.1 Å². The quantitative estimate of drug-likeness (QED) is 0.777. The minimum Gasteiger partial charge on any atom is -0.395 e. The van der Waals surface area contributed by atoms with Crippen molar-refractivity contribution in [1.82, 2.24) is 0 Å². The van der Waals surface area contributed by atoms with Gasteiger partial charge in [0.15, 0.2) is 5.82 Å². The molecule has 2 rings (SSSR count). The van der Waals surface area contributed by atoms with Crippen molar-refractivity contribution >= 4 is 11.4 Å². The molecule has 0 aliphatic heterocycles. The molecule has 1 saturated carbocycles. The van der Waals surface area contributed by atoms with Gasteiger partial charge >= 0.3 is 0 Å². The highest BCUT2D eigenvalue weighted by molar-refractivity contribution is 5.66. The topological polar surface area (TPSA) is 38.0 Å². The molecule has 1 aromatic carbocycles. The van der Waals surface area contributed by atoms with Crippen molar-refractivity contribution < 1.29 is 8.78 Å². The summed E-state index contributed by atoms with van der Waals surface area (Å²) < 4.78 is 26.1. The van der Waals surface area contributed by atoms with Gasteiger partial charge in [-0.3, -0.25) is 0 Å². The van der Waals surface area contributed by atoms with E-state index in [0.29, 0.717) is 11.6 Å². The Bertz CT molecular complexity index is 374. The second kappa shape index (κ2) is 4.68. The lowest BCUT2D eigenvalue weighted by molar-refractivity contribution is 0.574. The molecular weight excluding hydrogens is 210 g/mol. The van der Waals surface area contributed by atoms with E-state index in [4.69, 9.17) is 5.73 Å². The van der Waals surface area contributed by atoms with Crippen LogP contribution in [0.4, 0.5) is 20.2 Å². The molecule has 0 heterocycles. The number of halogens is 2. The van der Waals surface area contributed by atoms with Crippen LogP contribution in [0, 0.1) is 17.6 Å². The molecule has 0 bridgehead atoms. The number of nitrogens with one attached hydrogen (secondary N) is 1. The highest BCUT2D eigenvalue weighted by Crippen LogP contribution is 2.27. The number of hydrogen-bond acceptors (Lipinski definition) is 2. The van der Waals surface area contributed by atoms with Gasteiger partial charge in [0.25, 0.3) is 0 Å². The lowest BCUT2D eigenvalue weighted by Crippen LogP contribution is -2.12. The van der Waals surface area contributed by atoms with Crippen LogP contribution in [0.5, 0.6) is 0 Å². The molecule has 4 heteroatoms. The normalized spacial score (nSPS) is 16.6. The molecule has 0 amide bonds. The number of benzene rings is 1. The molecular formula is C12H16F2N2. The predicted molar refractivity (Wildman–Crippen MR) is 61.2 cm³/mol. The smallest absolute Gasteiger partial charge is 0.151 e. The van der Waals surface area contributed by atoms with Crippen molar-refractivity contribution in [1.29, 1.82) is 0 Å². The first kappa shape index (κ1) is 11.2. The van der Waals surface area contributed by atoms with E-state index in [1.807, 2.05) is 0 Å². The van der Waals surface area contributed by atoms with Crippen LogP contribution in [0.2, 0.25) is 0 Å². The standard InChI is InChI=1S/C12H16F2N2/c13-9-5-10(14)12(15)11(6-9)16-7-8-3-1-2-4-8/h5-6,8,16H,1-4,7,15H2. The second-order valence-corrected chi connectivity index (χ2v) is 4.38. The number of rotatable bonds is 3. The third kappa shape index (κ3) is 2.43. The van der Waals surface area contributed by atoms with E-state index >= 15 is 0 Å². The fourth-order valence-electron chi connectivity index (χ4n) is 2.20. The van der Waals surface area contributed by atoms with Crippen molar-refractivity contribution in [2.75, 3.05) is 17.6 Å². The van der Waals surface area contributed by atoms with Gasteiger partial charge in [0.05, 0.1) is 11.4 Å². The van der Waals surface area contributed by atoms with Crippen LogP contribution < -0.4 is 11.1 Å². The Morgan fingerprint density at radius 1 is 1.25 bits per heavy atom. The minimum atomic E-state index is -0.700. The maximum Gasteiger partial charge on any atom is 0.151 e. The summed E-state index contributed by atoms with van der Waals surface area (Å²) in [5.41, 5.74) is 5.90. The Labute approximate surface area is 93.8 Å². The van der Waals surface area contributed by atoms with Crippen molar-refractivity contribution in [2.45, 2.75) is 25.7 Å². The number of nitrogen functional groups attached to an aromatic ring is 1. The summed E-state index contributed by atoms with van der Waals surface area (Å²) in [5, 5.41) is 3.03. The Balaban J connectivity index is 2.02. The zero-order valence-corrected chi connectivity index (χ0v) is 9.10. The molecule has 0 aromatic heterocycles. The molecule has 1 aliphatic rings. The lowest BCUT2D eigenvalue weighted by Gasteiger charge is -2.14. The van der Waals surface area contributed by atoms with Crippen LogP contribution in [0.3, 0.4) is 0 Å². The highest BCUT2D eigenvalue weighted by Gasteiger charge is 2.15. The van der Waals surface area contributed by atoms with Crippen LogP contribution >= 0.6 is 0 Å². The van der Waals surface area contributed by atoms with Gasteiger partial charge in [-0.15, -0.1) is 0 Å². The second-order valence-electron chi connectivity index (χ2n) is 4.38. The fraction of sp³-hybridized carbons (Fsp3) is 0.500. The van der Waals surface area contributed by atoms with Crippen LogP contribution in [0.1, 0.15) is 25.7 Å². The van der Waals surface area contributed by atoms with Crippen LogP contribution in [-0.2, 0) is 0 Å². The van der Waals surface area contributed by atoms with Crippen molar-refractivity contribution in [3.8, 4) is 0 Å². The van der Waals surface area contributed by atoms with Gasteiger partial charge in [-0.2, -0.15) is 0 Å². The van der Waals surface area contributed by atoms with Crippen molar-refractivity contribution in [3.63, 3.8) is 0 Å². The van der Waals surface area contributed by atoms with E-state index in [2.05, 4.69) is 5.32 Å². The molecule has 2 nitrogen and oxygen atoms in total. The SMILES string of the molecule is Nc1c(F)cc(F)cc1NCC1CCCC1. The van der Waals surface area contributed by atoms with Crippen LogP contribution in [-0.4, -0.2) is 6.54 Å². The average Bonchev–Trinajstić information content (AvgIpc) is 2.74. The Hall–Kier alpha value is -1.32. The van der Waals surface area contributed by atoms with Crippen molar-refractivity contribution in [2.24, 2.45) is 5.92 Å². The number of nitrogens with two attached hydrogens (primary N) is 1. The van der Waals surface area contributed by atoms with E-state index in [9.17, 15) is 8.78 Å². The molecule has 1 aromatic rings. The summed E-state index contributed by atoms with van der Waals surface area (Å²) in [6, 6.07) is 2.05. The summed E-state index contributed by atoms with van der Waals surface area (Å²) in [6.07, 6.45) is 4.87. The van der Waals surface area contributed by atoms with E-state index in [1.54, 1.807) is 0 Å². The maximum absolute atomic E-state index is 13.1. The number of hydrogen-bond donors (Lipinski definition) is 2. The van der Waals surface area contributed by atoms with Gasteiger partial charge in [0.1, 0.15) is 5.82 Å². The fourth-order valence-corrected chi connectivity index (χ4v) is 2.20. The zero-order chi connectivity index (χ0) is 11.5. The Morgan fingerprint density at radius 2 is 1.94 bits per heavy atom. The van der Waals surface area contributed by atoms with E-state index in [0.717, 1.165) is 12.6 Å². The van der Waals surface area contributed by atoms with Gasteiger partial charge in [-0.05, 0) is 24.8 Å². The van der Waals surface area contributed by atoms with Gasteiger partial charge in [-0.1, -0.05) is 12.8 Å². The molecule has 16 heavy (non-hydrogen) atoms. The van der Waals surface area contributed by atoms with Gasteiger partial charge in [0.2, 0.25) is 0 Å². The third-order valence-corrected chi connectivity index (χ3v) is 3.15. The Morgan fingerprint density at radius 3 is 2.62 bits per heavy atom. The summed E-state index contributed by atoms with van der Waals surface area (Å²) in [5.74, 6) is -0.694. The van der Waals surface area contributed by atoms with Crippen molar-refractivity contribution in [3.05, 3.63) is 23.8 Å². The molecule has 0 saturated heterocycles. The minimum absolute atomic E-state index is 0.000558. The molecule has 0 radical (unpaired) electrons. The molecule has 0 unspecified atom stereocenters. The maximum atomic E-state index is 13.1.